The van der Waals surface area contributed by atoms with Crippen LogP contribution in [0.15, 0.2) is 18.2 Å². The fourth-order valence-electron chi connectivity index (χ4n) is 1.63. The van der Waals surface area contributed by atoms with Crippen LogP contribution in [-0.2, 0) is 4.79 Å². The average molecular weight is 226 g/mol. The first-order valence-electron chi connectivity index (χ1n) is 4.73. The van der Waals surface area contributed by atoms with E-state index in [1.54, 1.807) is 18.2 Å². The predicted molar refractivity (Wildman–Crippen MR) is 61.1 cm³/mol. The van der Waals surface area contributed by atoms with Crippen LogP contribution in [0.2, 0.25) is 5.02 Å². The molecule has 1 aliphatic heterocycles. The zero-order chi connectivity index (χ0) is 10.8. The van der Waals surface area contributed by atoms with E-state index in [1.807, 2.05) is 4.90 Å². The summed E-state index contributed by atoms with van der Waals surface area (Å²) >= 11 is 5.89. The van der Waals surface area contributed by atoms with E-state index in [-0.39, 0.29) is 5.91 Å². The molecule has 0 bridgehead atoms. The Balaban J connectivity index is 2.27. The maximum absolute atomic E-state index is 11.2. The van der Waals surface area contributed by atoms with Crippen LogP contribution < -0.4 is 16.0 Å². The number of nitrogen functional groups attached to an aromatic ring is 1. The molecule has 4 nitrogen and oxygen atoms in total. The number of hydrogen-bond donors (Lipinski definition) is 2. The summed E-state index contributed by atoms with van der Waals surface area (Å²) in [5.74, 6) is 0.0145. The van der Waals surface area contributed by atoms with Gasteiger partial charge in [0.1, 0.15) is 0 Å². The molecular weight excluding hydrogens is 214 g/mol. The average Bonchev–Trinajstić information content (AvgIpc) is 2.22. The molecule has 0 unspecified atom stereocenters. The summed E-state index contributed by atoms with van der Waals surface area (Å²) in [5.41, 5.74) is 7.31. The summed E-state index contributed by atoms with van der Waals surface area (Å²) in [6.45, 7) is 1.74. The van der Waals surface area contributed by atoms with Crippen LogP contribution in [0.4, 0.5) is 11.4 Å². The van der Waals surface area contributed by atoms with E-state index in [0.717, 1.165) is 12.2 Å². The van der Waals surface area contributed by atoms with Gasteiger partial charge in [-0.25, -0.2) is 0 Å². The van der Waals surface area contributed by atoms with Gasteiger partial charge in [0.15, 0.2) is 0 Å². The Bertz CT molecular complexity index is 394. The molecule has 0 aliphatic carbocycles. The lowest BCUT2D eigenvalue weighted by atomic mass is 10.2. The third kappa shape index (κ3) is 2.15. The predicted octanol–water partition coefficient (Wildman–Crippen LogP) is 0.858. The molecule has 2 rings (SSSR count). The molecule has 1 aromatic carbocycles. The van der Waals surface area contributed by atoms with Crippen molar-refractivity contribution in [2.75, 3.05) is 30.3 Å². The normalized spacial score (nSPS) is 16.3. The van der Waals surface area contributed by atoms with Crippen LogP contribution in [0.3, 0.4) is 0 Å². The van der Waals surface area contributed by atoms with Gasteiger partial charge >= 0.3 is 0 Å². The number of carbonyl (C=O) groups is 1. The molecule has 0 spiro atoms. The summed E-state index contributed by atoms with van der Waals surface area (Å²) in [4.78, 5) is 13.1. The second-order valence-corrected chi connectivity index (χ2v) is 3.91. The van der Waals surface area contributed by atoms with Gasteiger partial charge in [-0.3, -0.25) is 4.79 Å². The minimum Gasteiger partial charge on any atom is -0.397 e. The van der Waals surface area contributed by atoms with Gasteiger partial charge in [-0.1, -0.05) is 11.6 Å². The van der Waals surface area contributed by atoms with Gasteiger partial charge < -0.3 is 16.0 Å². The number of nitrogens with one attached hydrogen (secondary N) is 1. The quantitative estimate of drug-likeness (QED) is 0.697. The lowest BCUT2D eigenvalue weighted by molar-refractivity contribution is -0.120. The number of nitrogens with zero attached hydrogens (tertiary/aromatic N) is 1. The van der Waals surface area contributed by atoms with Crippen LogP contribution in [0.25, 0.3) is 0 Å². The molecule has 0 radical (unpaired) electrons. The number of rotatable bonds is 1. The van der Waals surface area contributed by atoms with Gasteiger partial charge in [0.25, 0.3) is 0 Å². The molecule has 1 aromatic rings. The van der Waals surface area contributed by atoms with Crippen molar-refractivity contribution in [3.63, 3.8) is 0 Å². The Hall–Kier alpha value is -1.42. The Kier molecular flexibility index (Phi) is 2.68. The van der Waals surface area contributed by atoms with Crippen molar-refractivity contribution in [3.8, 4) is 0 Å². The van der Waals surface area contributed by atoms with Crippen molar-refractivity contribution in [2.24, 2.45) is 0 Å². The van der Waals surface area contributed by atoms with Crippen molar-refractivity contribution in [1.29, 1.82) is 0 Å². The van der Waals surface area contributed by atoms with Gasteiger partial charge in [0.05, 0.1) is 17.9 Å². The maximum atomic E-state index is 11.2. The van der Waals surface area contributed by atoms with E-state index in [4.69, 9.17) is 17.3 Å². The second kappa shape index (κ2) is 3.98. The number of piperazine rings is 1. The Labute approximate surface area is 93.0 Å². The molecule has 0 atom stereocenters. The zero-order valence-electron chi connectivity index (χ0n) is 8.16. The van der Waals surface area contributed by atoms with Crippen molar-refractivity contribution >= 4 is 28.9 Å². The standard InChI is InChI=1S/C10H12ClN3O/c11-7-1-2-8(12)9(5-7)14-4-3-13-10(15)6-14/h1-2,5H,3-4,6,12H2,(H,13,15). The maximum Gasteiger partial charge on any atom is 0.239 e. The monoisotopic (exact) mass is 225 g/mol. The molecule has 80 valence electrons. The molecule has 1 saturated heterocycles. The Morgan fingerprint density at radius 3 is 3.00 bits per heavy atom. The van der Waals surface area contributed by atoms with E-state index in [1.165, 1.54) is 0 Å². The first-order chi connectivity index (χ1) is 7.16. The summed E-state index contributed by atoms with van der Waals surface area (Å²) in [5, 5.41) is 3.39. The van der Waals surface area contributed by atoms with Crippen LogP contribution in [0.5, 0.6) is 0 Å². The van der Waals surface area contributed by atoms with Crippen LogP contribution in [0.1, 0.15) is 0 Å². The SMILES string of the molecule is Nc1ccc(Cl)cc1N1CCNC(=O)C1. The van der Waals surface area contributed by atoms with E-state index < -0.39 is 0 Å². The summed E-state index contributed by atoms with van der Waals surface area (Å²) in [7, 11) is 0. The van der Waals surface area contributed by atoms with Crippen LogP contribution >= 0.6 is 11.6 Å². The third-order valence-electron chi connectivity index (χ3n) is 2.37. The Morgan fingerprint density at radius 1 is 1.47 bits per heavy atom. The van der Waals surface area contributed by atoms with Gasteiger partial charge in [0, 0.05) is 18.1 Å². The zero-order valence-corrected chi connectivity index (χ0v) is 8.92. The van der Waals surface area contributed by atoms with E-state index in [9.17, 15) is 4.79 Å². The highest BCUT2D eigenvalue weighted by Gasteiger charge is 2.18. The van der Waals surface area contributed by atoms with Gasteiger partial charge in [0.2, 0.25) is 5.91 Å². The molecule has 0 aromatic heterocycles. The van der Waals surface area contributed by atoms with E-state index >= 15 is 0 Å². The first-order valence-corrected chi connectivity index (χ1v) is 5.11. The second-order valence-electron chi connectivity index (χ2n) is 3.47. The number of amides is 1. The molecule has 0 saturated carbocycles. The third-order valence-corrected chi connectivity index (χ3v) is 2.61. The molecule has 1 heterocycles. The molecule has 3 N–H and O–H groups in total. The number of halogens is 1. The lowest BCUT2D eigenvalue weighted by Gasteiger charge is -2.29. The lowest BCUT2D eigenvalue weighted by Crippen LogP contribution is -2.47. The summed E-state index contributed by atoms with van der Waals surface area (Å²) in [6, 6.07) is 5.28. The molecule has 1 amide bonds. The number of anilines is 2. The highest BCUT2D eigenvalue weighted by Crippen LogP contribution is 2.27. The minimum atomic E-state index is 0.0145. The molecule has 1 aliphatic rings. The topological polar surface area (TPSA) is 58.4 Å². The van der Waals surface area contributed by atoms with E-state index in [0.29, 0.717) is 23.8 Å². The molecular formula is C10H12ClN3O. The highest BCUT2D eigenvalue weighted by atomic mass is 35.5. The van der Waals surface area contributed by atoms with Gasteiger partial charge in [-0.05, 0) is 18.2 Å². The fraction of sp³-hybridized carbons (Fsp3) is 0.300. The molecule has 15 heavy (non-hydrogen) atoms. The van der Waals surface area contributed by atoms with Crippen molar-refractivity contribution < 1.29 is 4.79 Å². The molecule has 1 fully saturated rings. The molecule has 5 heteroatoms. The number of benzene rings is 1. The van der Waals surface area contributed by atoms with Gasteiger partial charge in [-0.2, -0.15) is 0 Å². The van der Waals surface area contributed by atoms with Crippen molar-refractivity contribution in [1.82, 2.24) is 5.32 Å². The van der Waals surface area contributed by atoms with Crippen molar-refractivity contribution in [2.45, 2.75) is 0 Å². The minimum absolute atomic E-state index is 0.0145. The fourth-order valence-corrected chi connectivity index (χ4v) is 1.80. The van der Waals surface area contributed by atoms with Crippen LogP contribution in [0, 0.1) is 0 Å². The van der Waals surface area contributed by atoms with E-state index in [2.05, 4.69) is 5.32 Å². The van der Waals surface area contributed by atoms with Gasteiger partial charge in [-0.15, -0.1) is 0 Å². The summed E-state index contributed by atoms with van der Waals surface area (Å²) < 4.78 is 0. The largest absolute Gasteiger partial charge is 0.397 e. The Morgan fingerprint density at radius 2 is 2.27 bits per heavy atom. The first kappa shape index (κ1) is 10.1. The number of carbonyl (C=O) groups excluding carboxylic acids is 1. The number of nitrogens with two attached hydrogens (primary N) is 1. The highest BCUT2D eigenvalue weighted by molar-refractivity contribution is 6.31. The van der Waals surface area contributed by atoms with Crippen LogP contribution in [-0.4, -0.2) is 25.5 Å². The summed E-state index contributed by atoms with van der Waals surface area (Å²) in [6.07, 6.45) is 0. The van der Waals surface area contributed by atoms with Crippen molar-refractivity contribution in [3.05, 3.63) is 23.2 Å². The smallest absolute Gasteiger partial charge is 0.239 e. The number of hydrogen-bond acceptors (Lipinski definition) is 3.